The van der Waals surface area contributed by atoms with Crippen LogP contribution in [0.1, 0.15) is 13.8 Å². The maximum absolute atomic E-state index is 11.7. The van der Waals surface area contributed by atoms with Gasteiger partial charge < -0.3 is 4.90 Å². The summed E-state index contributed by atoms with van der Waals surface area (Å²) in [6, 6.07) is 5.16. The number of rotatable bonds is 1. The Labute approximate surface area is 98.8 Å². The first-order chi connectivity index (χ1) is 6.90. The highest BCUT2D eigenvalue weighted by Crippen LogP contribution is 2.37. The second kappa shape index (κ2) is 3.39. The molecule has 1 aliphatic heterocycles. The molecule has 0 N–H and O–H groups in total. The van der Waals surface area contributed by atoms with Gasteiger partial charge in [0.25, 0.3) is 0 Å². The largest absolute Gasteiger partial charge is 0.311 e. The zero-order chi connectivity index (χ0) is 11.2. The first-order valence-electron chi connectivity index (χ1n) is 4.68. The molecule has 80 valence electrons. The minimum Gasteiger partial charge on any atom is -0.311 e. The highest BCUT2D eigenvalue weighted by molar-refractivity contribution is 6.35. The van der Waals surface area contributed by atoms with Gasteiger partial charge in [0.2, 0.25) is 5.91 Å². The molecule has 0 saturated carbocycles. The first kappa shape index (κ1) is 10.8. The fourth-order valence-electron chi connectivity index (χ4n) is 1.71. The Balaban J connectivity index is 2.29. The lowest BCUT2D eigenvalue weighted by Crippen LogP contribution is -2.58. The molecule has 0 unspecified atom stereocenters. The summed E-state index contributed by atoms with van der Waals surface area (Å²) in [4.78, 5) is 13.4. The van der Waals surface area contributed by atoms with E-state index in [1.807, 2.05) is 13.8 Å². The molecule has 1 saturated heterocycles. The van der Waals surface area contributed by atoms with E-state index in [1.54, 1.807) is 23.1 Å². The third-order valence-corrected chi connectivity index (χ3v) is 2.97. The summed E-state index contributed by atoms with van der Waals surface area (Å²) in [5, 5.41) is 1.10. The SMILES string of the molecule is CC1(C)CN(c2cc(Cl)cc(Cl)c2)C1=O. The van der Waals surface area contributed by atoms with Gasteiger partial charge in [0.15, 0.2) is 0 Å². The van der Waals surface area contributed by atoms with E-state index in [0.717, 1.165) is 5.69 Å². The van der Waals surface area contributed by atoms with Crippen molar-refractivity contribution >= 4 is 34.8 Å². The molecule has 15 heavy (non-hydrogen) atoms. The van der Waals surface area contributed by atoms with Gasteiger partial charge in [-0.05, 0) is 32.0 Å². The highest BCUT2D eigenvalue weighted by Gasteiger charge is 2.44. The number of anilines is 1. The Morgan fingerprint density at radius 3 is 2.13 bits per heavy atom. The normalized spacial score (nSPS) is 18.9. The average molecular weight is 244 g/mol. The summed E-state index contributed by atoms with van der Waals surface area (Å²) in [5.41, 5.74) is 0.520. The van der Waals surface area contributed by atoms with Gasteiger partial charge in [-0.1, -0.05) is 23.2 Å². The Kier molecular flexibility index (Phi) is 2.44. The van der Waals surface area contributed by atoms with Crippen molar-refractivity contribution in [2.45, 2.75) is 13.8 Å². The molecule has 2 nitrogen and oxygen atoms in total. The molecule has 0 spiro atoms. The summed E-state index contributed by atoms with van der Waals surface area (Å²) < 4.78 is 0. The summed E-state index contributed by atoms with van der Waals surface area (Å²) in [7, 11) is 0. The van der Waals surface area contributed by atoms with E-state index in [-0.39, 0.29) is 11.3 Å². The predicted molar refractivity (Wildman–Crippen MR) is 62.6 cm³/mol. The lowest BCUT2D eigenvalue weighted by molar-refractivity contribution is -0.132. The van der Waals surface area contributed by atoms with Gasteiger partial charge in [0.1, 0.15) is 0 Å². The van der Waals surface area contributed by atoms with Crippen LogP contribution >= 0.6 is 23.2 Å². The van der Waals surface area contributed by atoms with Crippen molar-refractivity contribution in [3.8, 4) is 0 Å². The van der Waals surface area contributed by atoms with Gasteiger partial charge >= 0.3 is 0 Å². The van der Waals surface area contributed by atoms with E-state index in [4.69, 9.17) is 23.2 Å². The summed E-state index contributed by atoms with van der Waals surface area (Å²) >= 11 is 11.7. The van der Waals surface area contributed by atoms with Gasteiger partial charge in [-0.3, -0.25) is 4.79 Å². The quantitative estimate of drug-likeness (QED) is 0.693. The second-order valence-electron chi connectivity index (χ2n) is 4.40. The molecule has 0 bridgehead atoms. The van der Waals surface area contributed by atoms with Crippen LogP contribution in [-0.4, -0.2) is 12.5 Å². The molecule has 1 fully saturated rings. The van der Waals surface area contributed by atoms with Gasteiger partial charge in [0, 0.05) is 22.3 Å². The average Bonchev–Trinajstić information content (AvgIpc) is 2.12. The van der Waals surface area contributed by atoms with Crippen molar-refractivity contribution in [1.29, 1.82) is 0 Å². The first-order valence-corrected chi connectivity index (χ1v) is 5.44. The molecular weight excluding hydrogens is 233 g/mol. The van der Waals surface area contributed by atoms with E-state index < -0.39 is 0 Å². The lowest BCUT2D eigenvalue weighted by Gasteiger charge is -2.44. The molecule has 1 aromatic carbocycles. The minimum absolute atomic E-state index is 0.112. The van der Waals surface area contributed by atoms with Crippen molar-refractivity contribution in [3.63, 3.8) is 0 Å². The lowest BCUT2D eigenvalue weighted by atomic mass is 9.83. The van der Waals surface area contributed by atoms with Crippen LogP contribution in [0.4, 0.5) is 5.69 Å². The number of hydrogen-bond acceptors (Lipinski definition) is 1. The number of benzene rings is 1. The fraction of sp³-hybridized carbons (Fsp3) is 0.364. The van der Waals surface area contributed by atoms with Crippen LogP contribution in [0.3, 0.4) is 0 Å². The van der Waals surface area contributed by atoms with Crippen LogP contribution in [0.5, 0.6) is 0 Å². The fourth-order valence-corrected chi connectivity index (χ4v) is 2.23. The number of carbonyl (C=O) groups excluding carboxylic acids is 1. The molecular formula is C11H11Cl2NO. The van der Waals surface area contributed by atoms with Crippen molar-refractivity contribution in [1.82, 2.24) is 0 Å². The molecule has 4 heteroatoms. The molecule has 1 heterocycles. The van der Waals surface area contributed by atoms with Crippen LogP contribution in [0.25, 0.3) is 0 Å². The van der Waals surface area contributed by atoms with Gasteiger partial charge in [0.05, 0.1) is 5.41 Å². The summed E-state index contributed by atoms with van der Waals surface area (Å²) in [6.45, 7) is 4.57. The number of carbonyl (C=O) groups is 1. The molecule has 1 aliphatic rings. The van der Waals surface area contributed by atoms with Crippen LogP contribution < -0.4 is 4.90 Å². The molecule has 1 aromatic rings. The van der Waals surface area contributed by atoms with Crippen LogP contribution in [0, 0.1) is 5.41 Å². The Hall–Kier alpha value is -0.730. The third-order valence-electron chi connectivity index (χ3n) is 2.54. The number of nitrogens with zero attached hydrogens (tertiary/aromatic N) is 1. The Bertz CT molecular complexity index is 408. The highest BCUT2D eigenvalue weighted by atomic mass is 35.5. The third kappa shape index (κ3) is 1.84. The van der Waals surface area contributed by atoms with E-state index in [0.29, 0.717) is 16.6 Å². The van der Waals surface area contributed by atoms with Crippen LogP contribution in [0.2, 0.25) is 10.0 Å². The predicted octanol–water partition coefficient (Wildman–Crippen LogP) is 3.37. The van der Waals surface area contributed by atoms with E-state index >= 15 is 0 Å². The molecule has 0 aromatic heterocycles. The number of β-lactam (4-membered cyclic amide) rings is 1. The van der Waals surface area contributed by atoms with Crippen molar-refractivity contribution in [2.24, 2.45) is 5.41 Å². The summed E-state index contributed by atoms with van der Waals surface area (Å²) in [6.07, 6.45) is 0. The van der Waals surface area contributed by atoms with Crippen LogP contribution in [0.15, 0.2) is 18.2 Å². The van der Waals surface area contributed by atoms with Crippen molar-refractivity contribution < 1.29 is 4.79 Å². The molecule has 0 atom stereocenters. The minimum atomic E-state index is -0.255. The zero-order valence-corrected chi connectivity index (χ0v) is 10.1. The van der Waals surface area contributed by atoms with Crippen LogP contribution in [-0.2, 0) is 4.79 Å². The van der Waals surface area contributed by atoms with E-state index in [1.165, 1.54) is 0 Å². The van der Waals surface area contributed by atoms with Crippen molar-refractivity contribution in [3.05, 3.63) is 28.2 Å². The number of halogens is 2. The molecule has 1 amide bonds. The van der Waals surface area contributed by atoms with E-state index in [2.05, 4.69) is 0 Å². The standard InChI is InChI=1S/C11H11Cl2NO/c1-11(2)6-14(10(11)15)9-4-7(12)3-8(13)5-9/h3-5H,6H2,1-2H3. The Morgan fingerprint density at radius 1 is 1.20 bits per heavy atom. The zero-order valence-electron chi connectivity index (χ0n) is 8.55. The molecule has 0 radical (unpaired) electrons. The monoisotopic (exact) mass is 243 g/mol. The Morgan fingerprint density at radius 2 is 1.73 bits per heavy atom. The number of amides is 1. The van der Waals surface area contributed by atoms with Gasteiger partial charge in [-0.15, -0.1) is 0 Å². The summed E-state index contributed by atoms with van der Waals surface area (Å²) in [5.74, 6) is 0.112. The maximum atomic E-state index is 11.7. The number of hydrogen-bond donors (Lipinski definition) is 0. The van der Waals surface area contributed by atoms with Gasteiger partial charge in [-0.2, -0.15) is 0 Å². The topological polar surface area (TPSA) is 20.3 Å². The molecule has 2 rings (SSSR count). The van der Waals surface area contributed by atoms with Gasteiger partial charge in [-0.25, -0.2) is 0 Å². The van der Waals surface area contributed by atoms with Crippen molar-refractivity contribution in [2.75, 3.05) is 11.4 Å². The second-order valence-corrected chi connectivity index (χ2v) is 5.28. The molecule has 0 aliphatic carbocycles. The maximum Gasteiger partial charge on any atom is 0.234 e. The smallest absolute Gasteiger partial charge is 0.234 e. The van der Waals surface area contributed by atoms with E-state index in [9.17, 15) is 4.79 Å².